The van der Waals surface area contributed by atoms with Crippen LogP contribution in [0.15, 0.2) is 106 Å². The number of benzene rings is 4. The number of β-amino-alcohol motifs (C(OH)–C–C–N with tert-alkyl or cyclic N) is 1. The molecule has 3 aliphatic rings. The largest absolute Gasteiger partial charge is 0.392 e. The quantitative estimate of drug-likeness (QED) is 0.0508. The number of anilines is 1. The van der Waals surface area contributed by atoms with Gasteiger partial charge in [-0.25, -0.2) is 4.98 Å². The lowest BCUT2D eigenvalue weighted by molar-refractivity contribution is -0.116. The normalized spacial score (nSPS) is 18.5. The second-order valence-electron chi connectivity index (χ2n) is 20.8. The summed E-state index contributed by atoms with van der Waals surface area (Å²) >= 11 is 9.55. The third kappa shape index (κ3) is 11.2. The SMILES string of the molecule is Cc1ncsc1-c1ccc(CNC(O)N[C@@H]2C[C@@H](O)CN2C(O)[C@@H](NC(=O)c2ccc3c(c2)N=Nc2ccc(NC(=O)C[C@@H]4N=C(c5ccc(Cl)cc5)c5c(sc(C)c5C)-n5c(C)nnc54)cc2CC3)C(C)(C)C)cc1. The van der Waals surface area contributed by atoms with E-state index in [0.717, 1.165) is 65.1 Å². The number of thiophene rings is 1. The van der Waals surface area contributed by atoms with Crippen LogP contribution >= 0.6 is 34.3 Å². The number of aromatic nitrogens is 4. The van der Waals surface area contributed by atoms with Gasteiger partial charge in [-0.2, -0.15) is 10.2 Å². The van der Waals surface area contributed by atoms with Gasteiger partial charge in [0.2, 0.25) is 5.91 Å². The van der Waals surface area contributed by atoms with Crippen LogP contribution in [0.2, 0.25) is 5.02 Å². The van der Waals surface area contributed by atoms with E-state index in [1.165, 1.54) is 0 Å². The third-order valence-electron chi connectivity index (χ3n) is 14.4. The fourth-order valence-corrected chi connectivity index (χ4v) is 12.3. The molecule has 6 heterocycles. The number of aliphatic imine (C=N–C) groups is 1. The van der Waals surface area contributed by atoms with Crippen LogP contribution in [0.5, 0.6) is 0 Å². The Kier molecular flexibility index (Phi) is 15.3. The summed E-state index contributed by atoms with van der Waals surface area (Å²) in [7, 11) is 0. The van der Waals surface area contributed by atoms with Crippen molar-refractivity contribution in [1.29, 1.82) is 0 Å². The van der Waals surface area contributed by atoms with Crippen molar-refractivity contribution < 1.29 is 24.9 Å². The highest BCUT2D eigenvalue weighted by Crippen LogP contribution is 2.41. The number of likely N-dealkylation sites (tertiary alicyclic amines) is 1. The number of carbonyl (C=O) groups excluding carboxylic acids is 2. The molecule has 10 rings (SSSR count). The minimum Gasteiger partial charge on any atom is -0.392 e. The number of aryl methyl sites for hydroxylation is 5. The lowest BCUT2D eigenvalue weighted by atomic mass is 9.84. The van der Waals surface area contributed by atoms with E-state index in [0.29, 0.717) is 58.7 Å². The Morgan fingerprint density at radius 1 is 0.882 bits per heavy atom. The Hall–Kier alpha value is -6.39. The molecule has 3 aromatic heterocycles. The first kappa shape index (κ1) is 53.0. The monoisotopic (exact) mass is 1080 g/mol. The Balaban J connectivity index is 0.790. The molecule has 2 unspecified atom stereocenters. The van der Waals surface area contributed by atoms with Gasteiger partial charge in [-0.05, 0) is 116 Å². The molecule has 0 bridgehead atoms. The Labute approximate surface area is 454 Å². The van der Waals surface area contributed by atoms with Crippen molar-refractivity contribution in [2.45, 2.75) is 118 Å². The van der Waals surface area contributed by atoms with Crippen LogP contribution in [0.25, 0.3) is 15.4 Å². The summed E-state index contributed by atoms with van der Waals surface area (Å²) in [5.41, 5.74) is 11.9. The number of nitrogens with zero attached hydrogens (tertiary/aromatic N) is 8. The summed E-state index contributed by atoms with van der Waals surface area (Å²) in [5, 5.41) is 66.0. The molecule has 0 aliphatic carbocycles. The highest BCUT2D eigenvalue weighted by Gasteiger charge is 2.43. The maximum atomic E-state index is 14.1. The number of aliphatic hydroxyl groups is 3. The van der Waals surface area contributed by atoms with Gasteiger partial charge in [-0.1, -0.05) is 74.8 Å². The van der Waals surface area contributed by atoms with Crippen molar-refractivity contribution in [3.05, 3.63) is 157 Å². The van der Waals surface area contributed by atoms with E-state index >= 15 is 0 Å². The van der Waals surface area contributed by atoms with E-state index in [9.17, 15) is 24.9 Å². The van der Waals surface area contributed by atoms with Crippen LogP contribution in [0.3, 0.4) is 0 Å². The fourth-order valence-electron chi connectivity index (χ4n) is 10.1. The van der Waals surface area contributed by atoms with Gasteiger partial charge in [0.05, 0.1) is 57.9 Å². The molecular weight excluding hydrogens is 1020 g/mol. The van der Waals surface area contributed by atoms with E-state index in [1.807, 2.05) is 111 Å². The number of rotatable bonds is 14. The minimum absolute atomic E-state index is 0.0187. The first-order valence-corrected chi connectivity index (χ1v) is 27.4. The Bertz CT molecular complexity index is 3360. The number of carbonyl (C=O) groups is 2. The van der Waals surface area contributed by atoms with Gasteiger partial charge >= 0.3 is 0 Å². The molecule has 6 atom stereocenters. The molecule has 1 fully saturated rings. The first-order chi connectivity index (χ1) is 36.4. The van der Waals surface area contributed by atoms with Crippen molar-refractivity contribution in [3.8, 4) is 15.4 Å². The first-order valence-electron chi connectivity index (χ1n) is 25.3. The van der Waals surface area contributed by atoms with Crippen molar-refractivity contribution >= 4 is 68.9 Å². The van der Waals surface area contributed by atoms with Crippen LogP contribution < -0.4 is 21.3 Å². The van der Waals surface area contributed by atoms with E-state index in [1.54, 1.807) is 45.8 Å². The molecule has 3 aliphatic heterocycles. The van der Waals surface area contributed by atoms with E-state index in [2.05, 4.69) is 60.5 Å². The molecule has 7 N–H and O–H groups in total. The third-order valence-corrected chi connectivity index (χ3v) is 16.8. The number of hydrogen-bond acceptors (Lipinski definition) is 16. The zero-order chi connectivity index (χ0) is 53.6. The lowest BCUT2D eigenvalue weighted by Crippen LogP contribution is -2.62. The number of halogens is 1. The predicted octanol–water partition coefficient (Wildman–Crippen LogP) is 9.29. The molecule has 17 nitrogen and oxygen atoms in total. The number of nitrogens with one attached hydrogen (secondary N) is 4. The van der Waals surface area contributed by atoms with E-state index in [-0.39, 0.29) is 25.3 Å². The second-order valence-corrected chi connectivity index (χ2v) is 23.3. The van der Waals surface area contributed by atoms with Crippen LogP contribution in [0.1, 0.15) is 106 Å². The minimum atomic E-state index is -1.23. The summed E-state index contributed by atoms with van der Waals surface area (Å²) in [4.78, 5) is 41.7. The molecule has 0 saturated carbocycles. The van der Waals surface area contributed by atoms with Crippen LogP contribution in [-0.2, 0) is 24.2 Å². The summed E-state index contributed by atoms with van der Waals surface area (Å²) in [5.74, 6) is 0.658. The summed E-state index contributed by atoms with van der Waals surface area (Å²) in [6, 6.07) is 25.1. The van der Waals surface area contributed by atoms with Gasteiger partial charge in [0.15, 0.2) is 12.2 Å². The number of fused-ring (bicyclic) bond motifs is 5. The van der Waals surface area contributed by atoms with Crippen molar-refractivity contribution in [1.82, 2.24) is 40.6 Å². The summed E-state index contributed by atoms with van der Waals surface area (Å²) in [6.45, 7) is 14.4. The molecular formula is C56H61ClN12O5S2. The zero-order valence-corrected chi connectivity index (χ0v) is 45.7. The maximum Gasteiger partial charge on any atom is 0.251 e. The molecule has 7 aromatic rings. The van der Waals surface area contributed by atoms with Crippen molar-refractivity contribution in [2.75, 3.05) is 11.9 Å². The zero-order valence-electron chi connectivity index (χ0n) is 43.3. The average molecular weight is 1080 g/mol. The Morgan fingerprint density at radius 2 is 1.62 bits per heavy atom. The second kappa shape index (κ2) is 21.9. The van der Waals surface area contributed by atoms with Gasteiger partial charge in [-0.3, -0.25) is 34.7 Å². The van der Waals surface area contributed by atoms with E-state index in [4.69, 9.17) is 16.6 Å². The topological polar surface area (TPSA) is 227 Å². The molecule has 4 aromatic carbocycles. The highest BCUT2D eigenvalue weighted by molar-refractivity contribution is 7.15. The van der Waals surface area contributed by atoms with Crippen LogP contribution in [0.4, 0.5) is 17.1 Å². The number of aliphatic hydroxyl groups excluding tert-OH is 3. The summed E-state index contributed by atoms with van der Waals surface area (Å²) < 4.78 is 2.03. The van der Waals surface area contributed by atoms with Gasteiger partial charge in [0.1, 0.15) is 23.1 Å². The van der Waals surface area contributed by atoms with Crippen molar-refractivity contribution in [2.24, 2.45) is 20.6 Å². The van der Waals surface area contributed by atoms with Gasteiger partial charge in [-0.15, -0.1) is 32.9 Å². The van der Waals surface area contributed by atoms with Crippen LogP contribution in [-0.4, -0.2) is 94.9 Å². The molecule has 394 valence electrons. The highest BCUT2D eigenvalue weighted by atomic mass is 35.5. The number of thiazole rings is 1. The average Bonchev–Trinajstić information content (AvgIpc) is 4.23. The standard InChI is InChI=1S/C56H61ClN12O5S2/c1-29-31(3)76-54-47(29)48(35-16-18-39(57)19-17-35)61-44(51-67-64-32(4)69(51)54)25-46(71)60-40-20-21-42-37(22-40)14-12-34-13-15-38(23-43(34)66-65-42)52(72)63-50(56(5,6)7)53(73)68-27-41(70)24-45(68)62-55(74)58-26-33-8-10-36(11-9-33)49-30(2)59-28-75-49/h8-11,13,15-23,28,41,44-45,50,53,55,58,62,70,73-74H,12,14,24-27H2,1-7H3,(H,60,71)(H,63,72)/t41-,44+,45+,50-,53?,55?/m1/s1. The predicted molar refractivity (Wildman–Crippen MR) is 297 cm³/mol. The molecule has 2 amide bonds. The van der Waals surface area contributed by atoms with Crippen molar-refractivity contribution in [3.63, 3.8) is 0 Å². The van der Waals surface area contributed by atoms with Gasteiger partial charge in [0, 0.05) is 51.8 Å². The Morgan fingerprint density at radius 3 is 2.36 bits per heavy atom. The van der Waals surface area contributed by atoms with Crippen LogP contribution in [0, 0.1) is 33.1 Å². The number of hydrogen-bond donors (Lipinski definition) is 7. The molecule has 76 heavy (non-hydrogen) atoms. The summed E-state index contributed by atoms with van der Waals surface area (Å²) in [6.07, 6.45) is -2.29. The smallest absolute Gasteiger partial charge is 0.251 e. The molecule has 0 spiro atoms. The lowest BCUT2D eigenvalue weighted by Gasteiger charge is -2.41. The maximum absolute atomic E-state index is 14.1. The molecule has 1 saturated heterocycles. The molecule has 0 radical (unpaired) electrons. The number of amides is 2. The fraction of sp³-hybridized carbons (Fsp3) is 0.357. The molecule has 20 heteroatoms. The van der Waals surface area contributed by atoms with E-state index < -0.39 is 48.3 Å². The van der Waals surface area contributed by atoms with Gasteiger partial charge < -0.3 is 26.0 Å². The number of azo groups is 1. The van der Waals surface area contributed by atoms with Gasteiger partial charge in [0.25, 0.3) is 5.91 Å².